The fourth-order valence-electron chi connectivity index (χ4n) is 3.37. The molecule has 0 amide bonds. The van der Waals surface area contributed by atoms with E-state index in [0.717, 1.165) is 31.7 Å². The van der Waals surface area contributed by atoms with Gasteiger partial charge in [0, 0.05) is 30.7 Å². The van der Waals surface area contributed by atoms with Crippen molar-refractivity contribution >= 4 is 10.8 Å². The first kappa shape index (κ1) is 14.4. The molecule has 1 fully saturated rings. The van der Waals surface area contributed by atoms with Crippen molar-refractivity contribution < 1.29 is 4.74 Å². The number of nitrogens with two attached hydrogens (primary N) is 1. The molecule has 3 nitrogen and oxygen atoms in total. The second-order valence-electron chi connectivity index (χ2n) is 6.07. The van der Waals surface area contributed by atoms with Crippen LogP contribution in [0.5, 0.6) is 5.75 Å². The summed E-state index contributed by atoms with van der Waals surface area (Å²) in [4.78, 5) is 2.52. The van der Waals surface area contributed by atoms with Crippen LogP contribution in [0.4, 0.5) is 0 Å². The molecule has 0 bridgehead atoms. The predicted molar refractivity (Wildman–Crippen MR) is 87.6 cm³/mol. The molecule has 1 heterocycles. The molecule has 21 heavy (non-hydrogen) atoms. The predicted octanol–water partition coefficient (Wildman–Crippen LogP) is 3.16. The zero-order valence-corrected chi connectivity index (χ0v) is 12.9. The van der Waals surface area contributed by atoms with E-state index in [9.17, 15) is 0 Å². The van der Waals surface area contributed by atoms with E-state index in [0.29, 0.717) is 12.1 Å². The number of methoxy groups -OCH3 is 1. The molecule has 112 valence electrons. The molecule has 3 rings (SSSR count). The van der Waals surface area contributed by atoms with Crippen LogP contribution in [0.1, 0.15) is 25.3 Å². The first-order chi connectivity index (χ1) is 10.2. The minimum absolute atomic E-state index is 0.352. The molecule has 0 spiro atoms. The monoisotopic (exact) mass is 284 g/mol. The minimum Gasteiger partial charge on any atom is -0.496 e. The third kappa shape index (κ3) is 2.89. The van der Waals surface area contributed by atoms with Crippen LogP contribution in [0.2, 0.25) is 0 Å². The van der Waals surface area contributed by atoms with E-state index in [1.165, 1.54) is 16.3 Å². The Bertz CT molecular complexity index is 626. The first-order valence-electron chi connectivity index (χ1n) is 7.73. The molecule has 0 aromatic heterocycles. The van der Waals surface area contributed by atoms with Gasteiger partial charge in [0.15, 0.2) is 0 Å². The van der Waals surface area contributed by atoms with Crippen molar-refractivity contribution in [1.29, 1.82) is 0 Å². The Kier molecular flexibility index (Phi) is 4.13. The van der Waals surface area contributed by atoms with Gasteiger partial charge in [-0.05, 0) is 36.6 Å². The molecule has 1 saturated heterocycles. The summed E-state index contributed by atoms with van der Waals surface area (Å²) < 4.78 is 5.60. The third-order valence-corrected chi connectivity index (χ3v) is 4.63. The van der Waals surface area contributed by atoms with Gasteiger partial charge in [-0.3, -0.25) is 4.90 Å². The Hall–Kier alpha value is -1.58. The number of rotatable bonds is 3. The largest absolute Gasteiger partial charge is 0.496 e. The zero-order chi connectivity index (χ0) is 14.8. The molecule has 3 heteroatoms. The molecule has 0 radical (unpaired) electrons. The maximum absolute atomic E-state index is 6.08. The molecular formula is C18H24N2O. The highest BCUT2D eigenvalue weighted by Crippen LogP contribution is 2.30. The van der Waals surface area contributed by atoms with E-state index < -0.39 is 0 Å². The van der Waals surface area contributed by atoms with E-state index >= 15 is 0 Å². The third-order valence-electron chi connectivity index (χ3n) is 4.63. The second kappa shape index (κ2) is 6.04. The van der Waals surface area contributed by atoms with Crippen molar-refractivity contribution in [3.8, 4) is 5.75 Å². The number of fused-ring (bicyclic) bond motifs is 1. The van der Waals surface area contributed by atoms with Crippen molar-refractivity contribution in [2.45, 2.75) is 38.4 Å². The Morgan fingerprint density at radius 2 is 2.05 bits per heavy atom. The van der Waals surface area contributed by atoms with Crippen molar-refractivity contribution in [2.24, 2.45) is 5.73 Å². The van der Waals surface area contributed by atoms with Crippen LogP contribution in [0.25, 0.3) is 10.8 Å². The van der Waals surface area contributed by atoms with Gasteiger partial charge in [0.1, 0.15) is 5.75 Å². The van der Waals surface area contributed by atoms with Gasteiger partial charge in [0.25, 0.3) is 0 Å². The molecule has 0 aliphatic carbocycles. The summed E-state index contributed by atoms with van der Waals surface area (Å²) >= 11 is 0. The van der Waals surface area contributed by atoms with Gasteiger partial charge in [-0.2, -0.15) is 0 Å². The van der Waals surface area contributed by atoms with Crippen LogP contribution in [-0.2, 0) is 6.54 Å². The van der Waals surface area contributed by atoms with Gasteiger partial charge in [0.05, 0.1) is 7.11 Å². The average molecular weight is 284 g/mol. The van der Waals surface area contributed by atoms with Crippen molar-refractivity contribution in [3.63, 3.8) is 0 Å². The maximum Gasteiger partial charge on any atom is 0.123 e. The molecule has 2 unspecified atom stereocenters. The van der Waals surface area contributed by atoms with E-state index in [4.69, 9.17) is 10.5 Å². The van der Waals surface area contributed by atoms with E-state index in [1.54, 1.807) is 7.11 Å². The summed E-state index contributed by atoms with van der Waals surface area (Å²) in [5.41, 5.74) is 7.37. The van der Waals surface area contributed by atoms with Gasteiger partial charge in [-0.1, -0.05) is 30.3 Å². The number of ether oxygens (including phenoxy) is 1. The zero-order valence-electron chi connectivity index (χ0n) is 12.9. The fourth-order valence-corrected chi connectivity index (χ4v) is 3.37. The van der Waals surface area contributed by atoms with Crippen LogP contribution in [0.3, 0.4) is 0 Å². The Morgan fingerprint density at radius 3 is 2.81 bits per heavy atom. The number of piperidine rings is 1. The fraction of sp³-hybridized carbons (Fsp3) is 0.444. The van der Waals surface area contributed by atoms with Crippen LogP contribution in [-0.4, -0.2) is 30.6 Å². The van der Waals surface area contributed by atoms with Gasteiger partial charge in [-0.25, -0.2) is 0 Å². The molecule has 2 atom stereocenters. The van der Waals surface area contributed by atoms with E-state index in [1.807, 2.05) is 0 Å². The minimum atomic E-state index is 0.352. The lowest BCUT2D eigenvalue weighted by Crippen LogP contribution is -2.45. The van der Waals surface area contributed by atoms with Gasteiger partial charge < -0.3 is 10.5 Å². The molecule has 1 aliphatic rings. The molecule has 2 aromatic rings. The normalized spacial score (nSPS) is 23.4. The van der Waals surface area contributed by atoms with Gasteiger partial charge in [-0.15, -0.1) is 0 Å². The van der Waals surface area contributed by atoms with Crippen molar-refractivity contribution in [1.82, 2.24) is 4.90 Å². The SMILES string of the molecule is COc1ccc2ccccc2c1CN1CCC(N)CC1C. The van der Waals surface area contributed by atoms with Crippen molar-refractivity contribution in [2.75, 3.05) is 13.7 Å². The number of hydrogen-bond donors (Lipinski definition) is 1. The number of likely N-dealkylation sites (tertiary alicyclic amines) is 1. The van der Waals surface area contributed by atoms with Gasteiger partial charge >= 0.3 is 0 Å². The summed E-state index contributed by atoms with van der Waals surface area (Å²) in [6, 6.07) is 13.6. The molecule has 2 N–H and O–H groups in total. The molecule has 0 saturated carbocycles. The molecular weight excluding hydrogens is 260 g/mol. The van der Waals surface area contributed by atoms with Crippen LogP contribution in [0, 0.1) is 0 Å². The number of hydrogen-bond acceptors (Lipinski definition) is 3. The van der Waals surface area contributed by atoms with Gasteiger partial charge in [0.2, 0.25) is 0 Å². The second-order valence-corrected chi connectivity index (χ2v) is 6.07. The Morgan fingerprint density at radius 1 is 1.24 bits per heavy atom. The average Bonchev–Trinajstić information content (AvgIpc) is 2.50. The summed E-state index contributed by atoms with van der Waals surface area (Å²) in [5, 5.41) is 2.56. The highest BCUT2D eigenvalue weighted by Gasteiger charge is 2.24. The summed E-state index contributed by atoms with van der Waals surface area (Å²) in [6.45, 7) is 4.27. The lowest BCUT2D eigenvalue weighted by Gasteiger charge is -2.36. The quantitative estimate of drug-likeness (QED) is 0.941. The standard InChI is InChI=1S/C18H24N2O/c1-13-11-15(19)9-10-20(13)12-17-16-6-4-3-5-14(16)7-8-18(17)21-2/h3-8,13,15H,9-12,19H2,1-2H3. The number of benzene rings is 2. The lowest BCUT2D eigenvalue weighted by molar-refractivity contribution is 0.139. The van der Waals surface area contributed by atoms with Crippen LogP contribution >= 0.6 is 0 Å². The maximum atomic E-state index is 6.08. The Labute approximate surface area is 126 Å². The topological polar surface area (TPSA) is 38.5 Å². The highest BCUT2D eigenvalue weighted by atomic mass is 16.5. The summed E-state index contributed by atoms with van der Waals surface area (Å²) in [7, 11) is 1.75. The Balaban J connectivity index is 1.95. The molecule has 1 aliphatic heterocycles. The van der Waals surface area contributed by atoms with E-state index in [-0.39, 0.29) is 0 Å². The number of nitrogens with zero attached hydrogens (tertiary/aromatic N) is 1. The smallest absolute Gasteiger partial charge is 0.123 e. The first-order valence-corrected chi connectivity index (χ1v) is 7.73. The lowest BCUT2D eigenvalue weighted by atomic mass is 9.97. The summed E-state index contributed by atoms with van der Waals surface area (Å²) in [6.07, 6.45) is 2.16. The molecule has 2 aromatic carbocycles. The van der Waals surface area contributed by atoms with E-state index in [2.05, 4.69) is 48.2 Å². The van der Waals surface area contributed by atoms with Crippen LogP contribution in [0.15, 0.2) is 36.4 Å². The van der Waals surface area contributed by atoms with Crippen LogP contribution < -0.4 is 10.5 Å². The summed E-state index contributed by atoms with van der Waals surface area (Å²) in [5.74, 6) is 0.982. The van der Waals surface area contributed by atoms with Crippen molar-refractivity contribution in [3.05, 3.63) is 42.0 Å². The highest BCUT2D eigenvalue weighted by molar-refractivity contribution is 5.87.